The first-order chi connectivity index (χ1) is 7.24. The van der Waals surface area contributed by atoms with Crippen LogP contribution < -0.4 is 0 Å². The minimum absolute atomic E-state index is 0. The molecule has 104 valence electrons. The van der Waals surface area contributed by atoms with Crippen LogP contribution in [0.15, 0.2) is 0 Å². The van der Waals surface area contributed by atoms with Gasteiger partial charge in [0.05, 0.1) is 0 Å². The number of methoxy groups -OCH3 is 2. The Hall–Kier alpha value is -0.242. The normalized spacial score (nSPS) is 10.8. The van der Waals surface area contributed by atoms with Crippen molar-refractivity contribution in [1.29, 1.82) is 0 Å². The van der Waals surface area contributed by atoms with Crippen molar-refractivity contribution in [2.45, 2.75) is 12.2 Å². The van der Waals surface area contributed by atoms with Crippen LogP contribution in [0.3, 0.4) is 0 Å². The van der Waals surface area contributed by atoms with Crippen LogP contribution in [-0.2, 0) is 40.1 Å². The van der Waals surface area contributed by atoms with Gasteiger partial charge in [-0.05, 0) is 0 Å². The summed E-state index contributed by atoms with van der Waals surface area (Å²) in [6.07, 6.45) is -6.75. The van der Waals surface area contributed by atoms with E-state index in [2.05, 4.69) is 14.2 Å². The van der Waals surface area contributed by atoms with Crippen molar-refractivity contribution >= 4 is 6.47 Å². The molecule has 0 rings (SSSR count). The maximum Gasteiger partial charge on any atom is 0.386 e. The first-order valence-corrected chi connectivity index (χ1v) is 3.70. The van der Waals surface area contributed by atoms with E-state index < -0.39 is 25.4 Å². The molecule has 0 aromatic heterocycles. The molecule has 0 saturated carbocycles. The van der Waals surface area contributed by atoms with Gasteiger partial charge in [-0.2, -0.15) is 17.6 Å². The summed E-state index contributed by atoms with van der Waals surface area (Å²) in [6, 6.07) is 0. The fourth-order valence-electron chi connectivity index (χ4n) is 0.237. The predicted octanol–water partition coefficient (Wildman–Crippen LogP) is 0.525. The molecule has 10 heteroatoms. The van der Waals surface area contributed by atoms with E-state index in [4.69, 9.17) is 5.11 Å². The molecule has 0 amide bonds. The molecule has 0 aliphatic rings. The topological polar surface area (TPSA) is 65.0 Å². The van der Waals surface area contributed by atoms with Crippen LogP contribution in [0.4, 0.5) is 17.6 Å². The molecule has 5 nitrogen and oxygen atoms in total. The van der Waals surface area contributed by atoms with Gasteiger partial charge in [-0.15, -0.1) is 0 Å². The average Bonchev–Trinajstić information content (AvgIpc) is 2.27. The van der Waals surface area contributed by atoms with Crippen LogP contribution in [0.25, 0.3) is 0 Å². The standard InChI is InChI=1S/C4H5F2O3.C3H6F2O2.W/c1-8-4(5,6)2-9-3-7;1-7-3(4,5)2-6;/h2H2,1H3;6H,2H2,1H3;/q-1;;. The third kappa shape index (κ3) is 15.8. The van der Waals surface area contributed by atoms with E-state index in [1.807, 2.05) is 0 Å². The van der Waals surface area contributed by atoms with E-state index in [9.17, 15) is 22.4 Å². The zero-order valence-corrected chi connectivity index (χ0v) is 11.8. The van der Waals surface area contributed by atoms with Gasteiger partial charge in [-0.1, -0.05) is 6.47 Å². The molecule has 0 atom stereocenters. The Bertz CT molecular complexity index is 187. The second-order valence-electron chi connectivity index (χ2n) is 2.21. The molecular weight excluding hydrogens is 424 g/mol. The molecule has 0 saturated heterocycles. The number of hydrogen-bond acceptors (Lipinski definition) is 5. The Morgan fingerprint density at radius 2 is 1.53 bits per heavy atom. The van der Waals surface area contributed by atoms with Crippen molar-refractivity contribution in [1.82, 2.24) is 0 Å². The summed E-state index contributed by atoms with van der Waals surface area (Å²) in [7, 11) is 1.64. The zero-order chi connectivity index (χ0) is 13.2. The number of aliphatic hydroxyl groups is 1. The molecule has 1 N–H and O–H groups in total. The van der Waals surface area contributed by atoms with E-state index in [0.717, 1.165) is 20.7 Å². The molecule has 0 aliphatic heterocycles. The minimum atomic E-state index is -3.39. The maximum atomic E-state index is 11.8. The van der Waals surface area contributed by atoms with E-state index >= 15 is 0 Å². The van der Waals surface area contributed by atoms with Gasteiger partial charge >= 0.3 is 12.2 Å². The summed E-state index contributed by atoms with van der Waals surface area (Å²) in [6.45, 7) is -1.50. The average molecular weight is 435 g/mol. The summed E-state index contributed by atoms with van der Waals surface area (Å²) < 4.78 is 57.2. The van der Waals surface area contributed by atoms with Crippen LogP contribution in [-0.4, -0.2) is 51.2 Å². The zero-order valence-electron chi connectivity index (χ0n) is 8.91. The molecule has 0 radical (unpaired) electrons. The largest absolute Gasteiger partial charge is 0.647 e. The van der Waals surface area contributed by atoms with Crippen molar-refractivity contribution in [3.63, 3.8) is 0 Å². The minimum Gasteiger partial charge on any atom is -0.647 e. The molecule has 0 aromatic carbocycles. The van der Waals surface area contributed by atoms with Crippen LogP contribution in [0.1, 0.15) is 0 Å². The first-order valence-electron chi connectivity index (χ1n) is 3.70. The smallest absolute Gasteiger partial charge is 0.386 e. The van der Waals surface area contributed by atoms with E-state index in [-0.39, 0.29) is 21.1 Å². The summed E-state index contributed by atoms with van der Waals surface area (Å²) >= 11 is 0. The number of rotatable bonds is 6. The molecule has 0 aliphatic carbocycles. The van der Waals surface area contributed by atoms with E-state index in [1.54, 1.807) is 0 Å². The van der Waals surface area contributed by atoms with Crippen molar-refractivity contribution < 1.29 is 62.7 Å². The Morgan fingerprint density at radius 3 is 1.71 bits per heavy atom. The third-order valence-corrected chi connectivity index (χ3v) is 1.08. The Morgan fingerprint density at radius 1 is 1.12 bits per heavy atom. The Kier molecular flexibility index (Phi) is 14.1. The van der Waals surface area contributed by atoms with Gasteiger partial charge in [0.1, 0.15) is 13.2 Å². The second kappa shape index (κ2) is 10.9. The van der Waals surface area contributed by atoms with Crippen molar-refractivity contribution in [2.24, 2.45) is 0 Å². The number of aliphatic hydroxyl groups excluding tert-OH is 1. The molecule has 0 aromatic rings. The molecular formula is C7H11F4O5W-. The Labute approximate surface area is 109 Å². The third-order valence-electron chi connectivity index (χ3n) is 1.08. The molecule has 0 heterocycles. The maximum absolute atomic E-state index is 11.8. The summed E-state index contributed by atoms with van der Waals surface area (Å²) in [5.74, 6) is 0. The van der Waals surface area contributed by atoms with Crippen molar-refractivity contribution in [2.75, 3.05) is 27.4 Å². The fraction of sp³-hybridized carbons (Fsp3) is 0.857. The second-order valence-corrected chi connectivity index (χ2v) is 2.21. The first kappa shape index (κ1) is 22.0. The van der Waals surface area contributed by atoms with E-state index in [1.165, 1.54) is 0 Å². The van der Waals surface area contributed by atoms with Crippen LogP contribution in [0, 0.1) is 0 Å². The molecule has 0 unspecified atom stereocenters. The van der Waals surface area contributed by atoms with Gasteiger partial charge in [0.2, 0.25) is 0 Å². The van der Waals surface area contributed by atoms with Crippen LogP contribution >= 0.6 is 0 Å². The fourth-order valence-corrected chi connectivity index (χ4v) is 0.237. The Balaban J connectivity index is -0.000000224. The van der Waals surface area contributed by atoms with Crippen molar-refractivity contribution in [3.8, 4) is 0 Å². The van der Waals surface area contributed by atoms with Gasteiger partial charge in [0.15, 0.2) is 0 Å². The summed E-state index contributed by atoms with van der Waals surface area (Å²) in [5, 5.41) is 7.72. The number of ether oxygens (including phenoxy) is 3. The van der Waals surface area contributed by atoms with Gasteiger partial charge < -0.3 is 24.1 Å². The SMILES string of the molecule is COC(F)(F)CO.COC(F)(F)CO[C-]=O.[W]. The predicted molar refractivity (Wildman–Crippen MR) is 42.6 cm³/mol. The van der Waals surface area contributed by atoms with E-state index in [0.29, 0.717) is 0 Å². The molecule has 0 fully saturated rings. The molecule has 17 heavy (non-hydrogen) atoms. The van der Waals surface area contributed by atoms with Crippen LogP contribution in [0.5, 0.6) is 0 Å². The van der Waals surface area contributed by atoms with Crippen LogP contribution in [0.2, 0.25) is 0 Å². The van der Waals surface area contributed by atoms with Gasteiger partial charge in [0.25, 0.3) is 0 Å². The van der Waals surface area contributed by atoms with Gasteiger partial charge in [0, 0.05) is 35.3 Å². The summed E-state index contributed by atoms with van der Waals surface area (Å²) in [5.41, 5.74) is 0. The number of halogens is 4. The number of alkyl halides is 4. The monoisotopic (exact) mass is 435 g/mol. The van der Waals surface area contributed by atoms with Gasteiger partial charge in [-0.3, -0.25) is 0 Å². The number of hydrogen-bond donors (Lipinski definition) is 1. The van der Waals surface area contributed by atoms with Gasteiger partial charge in [-0.25, -0.2) is 0 Å². The quantitative estimate of drug-likeness (QED) is 0.488. The molecule has 0 spiro atoms. The van der Waals surface area contributed by atoms with Crippen molar-refractivity contribution in [3.05, 3.63) is 0 Å². The molecule has 0 bridgehead atoms. The summed E-state index contributed by atoms with van der Waals surface area (Å²) in [4.78, 5) is 9.23. The number of carbonyl (C=O) groups excluding carboxylic acids is 1.